The van der Waals surface area contributed by atoms with E-state index in [4.69, 9.17) is 14.2 Å². The molecule has 0 bridgehead atoms. The third-order valence-corrected chi connectivity index (χ3v) is 2.92. The molecule has 1 aliphatic heterocycles. The van der Waals surface area contributed by atoms with Gasteiger partial charge in [0.1, 0.15) is 18.0 Å². The molecule has 1 aromatic carbocycles. The highest BCUT2D eigenvalue weighted by Crippen LogP contribution is 2.18. The van der Waals surface area contributed by atoms with Crippen LogP contribution in [0.5, 0.6) is 5.75 Å². The van der Waals surface area contributed by atoms with E-state index in [1.165, 1.54) is 0 Å². The summed E-state index contributed by atoms with van der Waals surface area (Å²) < 4.78 is 15.9. The van der Waals surface area contributed by atoms with Crippen LogP contribution in [0.2, 0.25) is 0 Å². The van der Waals surface area contributed by atoms with Crippen LogP contribution in [0.3, 0.4) is 0 Å². The Morgan fingerprint density at radius 2 is 2.14 bits per heavy atom. The lowest BCUT2D eigenvalue weighted by atomic mass is 10.2. The summed E-state index contributed by atoms with van der Waals surface area (Å²) in [6.07, 6.45) is -0.476. The molecule has 2 N–H and O–H groups in total. The van der Waals surface area contributed by atoms with Gasteiger partial charge in [0, 0.05) is 18.3 Å². The first-order valence-corrected chi connectivity index (χ1v) is 7.46. The molecule has 0 spiro atoms. The number of hydrogen-bond donors (Lipinski definition) is 2. The highest BCUT2D eigenvalue weighted by molar-refractivity contribution is 5.85. The zero-order chi connectivity index (χ0) is 16.0. The molecule has 1 fully saturated rings. The molecule has 0 radical (unpaired) electrons. The molecule has 0 atom stereocenters. The second kappa shape index (κ2) is 7.47. The van der Waals surface area contributed by atoms with Crippen molar-refractivity contribution in [3.63, 3.8) is 0 Å². The Balaban J connectivity index is 1.75. The molecule has 2 rings (SSSR count). The monoisotopic (exact) mass is 308 g/mol. The molecule has 22 heavy (non-hydrogen) atoms. The maximum absolute atomic E-state index is 11.7. The van der Waals surface area contributed by atoms with Crippen LogP contribution in [0.4, 0.5) is 10.5 Å². The number of carbonyl (C=O) groups excluding carboxylic acids is 1. The molecular formula is C16H24N2O4. The zero-order valence-electron chi connectivity index (χ0n) is 13.3. The Kier molecular flexibility index (Phi) is 5.63. The summed E-state index contributed by atoms with van der Waals surface area (Å²) in [6.45, 7) is 8.35. The van der Waals surface area contributed by atoms with Gasteiger partial charge >= 0.3 is 6.09 Å². The van der Waals surface area contributed by atoms with Gasteiger partial charge in [0.15, 0.2) is 0 Å². The molecule has 1 amide bonds. The fourth-order valence-corrected chi connectivity index (χ4v) is 1.87. The summed E-state index contributed by atoms with van der Waals surface area (Å²) in [6, 6.07) is 7.70. The largest absolute Gasteiger partial charge is 0.492 e. The number of ether oxygens (including phenoxy) is 3. The molecule has 1 saturated heterocycles. The van der Waals surface area contributed by atoms with Crippen LogP contribution in [0.15, 0.2) is 24.3 Å². The maximum atomic E-state index is 11.7. The SMILES string of the molecule is CC(C)(C)OC(=O)Nc1cccc(OCCNC2COC2)c1. The first kappa shape index (κ1) is 16.6. The van der Waals surface area contributed by atoms with Gasteiger partial charge in [0.25, 0.3) is 0 Å². The lowest BCUT2D eigenvalue weighted by Gasteiger charge is -2.26. The van der Waals surface area contributed by atoms with Gasteiger partial charge in [-0.25, -0.2) is 4.79 Å². The van der Waals surface area contributed by atoms with Crippen LogP contribution in [-0.4, -0.2) is 44.1 Å². The smallest absolute Gasteiger partial charge is 0.412 e. The van der Waals surface area contributed by atoms with E-state index in [1.807, 2.05) is 32.9 Å². The average molecular weight is 308 g/mol. The fourth-order valence-electron chi connectivity index (χ4n) is 1.87. The van der Waals surface area contributed by atoms with Crippen LogP contribution in [0.1, 0.15) is 20.8 Å². The van der Waals surface area contributed by atoms with Gasteiger partial charge in [-0.3, -0.25) is 5.32 Å². The maximum Gasteiger partial charge on any atom is 0.412 e. The molecule has 0 aromatic heterocycles. The van der Waals surface area contributed by atoms with Gasteiger partial charge < -0.3 is 19.5 Å². The molecule has 122 valence electrons. The van der Waals surface area contributed by atoms with Crippen LogP contribution >= 0.6 is 0 Å². The lowest BCUT2D eigenvalue weighted by Crippen LogP contribution is -2.47. The Morgan fingerprint density at radius 3 is 2.77 bits per heavy atom. The molecule has 6 nitrogen and oxygen atoms in total. The van der Waals surface area contributed by atoms with Gasteiger partial charge in [-0.1, -0.05) is 6.07 Å². The van der Waals surface area contributed by atoms with Crippen molar-refractivity contribution < 1.29 is 19.0 Å². The number of amides is 1. The lowest BCUT2D eigenvalue weighted by molar-refractivity contribution is -0.00595. The fraction of sp³-hybridized carbons (Fsp3) is 0.562. The Labute approximate surface area is 131 Å². The topological polar surface area (TPSA) is 68.8 Å². The highest BCUT2D eigenvalue weighted by atomic mass is 16.6. The predicted molar refractivity (Wildman–Crippen MR) is 84.4 cm³/mol. The summed E-state index contributed by atoms with van der Waals surface area (Å²) >= 11 is 0. The van der Waals surface area contributed by atoms with Crippen molar-refractivity contribution in [2.45, 2.75) is 32.4 Å². The van der Waals surface area contributed by atoms with Crippen molar-refractivity contribution in [1.82, 2.24) is 5.32 Å². The number of carbonyl (C=O) groups is 1. The number of nitrogens with one attached hydrogen (secondary N) is 2. The molecule has 1 aromatic rings. The van der Waals surface area contributed by atoms with Crippen molar-refractivity contribution in [2.75, 3.05) is 31.7 Å². The normalized spacial score (nSPS) is 15.0. The van der Waals surface area contributed by atoms with E-state index in [2.05, 4.69) is 10.6 Å². The van der Waals surface area contributed by atoms with E-state index < -0.39 is 11.7 Å². The number of benzene rings is 1. The van der Waals surface area contributed by atoms with E-state index in [0.717, 1.165) is 19.8 Å². The summed E-state index contributed by atoms with van der Waals surface area (Å²) in [4.78, 5) is 11.7. The van der Waals surface area contributed by atoms with E-state index in [-0.39, 0.29) is 0 Å². The van der Waals surface area contributed by atoms with Crippen molar-refractivity contribution in [1.29, 1.82) is 0 Å². The van der Waals surface area contributed by atoms with Crippen molar-refractivity contribution >= 4 is 11.8 Å². The van der Waals surface area contributed by atoms with Gasteiger partial charge in [-0.2, -0.15) is 0 Å². The summed E-state index contributed by atoms with van der Waals surface area (Å²) in [5.41, 5.74) is 0.127. The minimum Gasteiger partial charge on any atom is -0.492 e. The second-order valence-electron chi connectivity index (χ2n) is 6.19. The number of rotatable bonds is 6. The van der Waals surface area contributed by atoms with Crippen LogP contribution < -0.4 is 15.4 Å². The van der Waals surface area contributed by atoms with E-state index in [0.29, 0.717) is 24.1 Å². The molecule has 1 aliphatic rings. The van der Waals surface area contributed by atoms with E-state index in [9.17, 15) is 4.79 Å². The first-order valence-electron chi connectivity index (χ1n) is 7.46. The van der Waals surface area contributed by atoms with Gasteiger partial charge in [-0.05, 0) is 32.9 Å². The van der Waals surface area contributed by atoms with Crippen molar-refractivity contribution in [2.24, 2.45) is 0 Å². The Hall–Kier alpha value is -1.79. The van der Waals surface area contributed by atoms with E-state index in [1.54, 1.807) is 12.1 Å². The standard InChI is InChI=1S/C16H24N2O4/c1-16(2,3)22-15(19)18-12-5-4-6-14(9-12)21-8-7-17-13-10-20-11-13/h4-6,9,13,17H,7-8,10-11H2,1-3H3,(H,18,19). The molecule has 6 heteroatoms. The third kappa shape index (κ3) is 5.91. The average Bonchev–Trinajstić information content (AvgIpc) is 2.34. The zero-order valence-corrected chi connectivity index (χ0v) is 13.3. The van der Waals surface area contributed by atoms with Gasteiger partial charge in [-0.15, -0.1) is 0 Å². The Bertz CT molecular complexity index is 495. The number of anilines is 1. The highest BCUT2D eigenvalue weighted by Gasteiger charge is 2.17. The molecular weight excluding hydrogens is 284 g/mol. The first-order chi connectivity index (χ1) is 10.4. The van der Waals surface area contributed by atoms with Crippen LogP contribution in [0.25, 0.3) is 0 Å². The van der Waals surface area contributed by atoms with Crippen molar-refractivity contribution in [3.8, 4) is 5.75 Å². The summed E-state index contributed by atoms with van der Waals surface area (Å²) in [5.74, 6) is 0.709. The van der Waals surface area contributed by atoms with Gasteiger partial charge in [0.05, 0.1) is 19.3 Å². The summed E-state index contributed by atoms with van der Waals surface area (Å²) in [7, 11) is 0. The summed E-state index contributed by atoms with van der Waals surface area (Å²) in [5, 5.41) is 6.01. The Morgan fingerprint density at radius 1 is 1.36 bits per heavy atom. The van der Waals surface area contributed by atoms with Crippen LogP contribution in [0, 0.1) is 0 Å². The number of hydrogen-bond acceptors (Lipinski definition) is 5. The quantitative estimate of drug-likeness (QED) is 0.790. The minimum atomic E-state index is -0.519. The predicted octanol–water partition coefficient (Wildman–Crippen LogP) is 2.40. The van der Waals surface area contributed by atoms with E-state index >= 15 is 0 Å². The molecule has 1 heterocycles. The molecule has 0 aliphatic carbocycles. The minimum absolute atomic E-state index is 0.448. The second-order valence-corrected chi connectivity index (χ2v) is 6.19. The third-order valence-electron chi connectivity index (χ3n) is 2.92. The van der Waals surface area contributed by atoms with Gasteiger partial charge in [0.2, 0.25) is 0 Å². The molecule has 0 unspecified atom stereocenters. The van der Waals surface area contributed by atoms with Crippen LogP contribution in [-0.2, 0) is 9.47 Å². The van der Waals surface area contributed by atoms with Crippen molar-refractivity contribution in [3.05, 3.63) is 24.3 Å². The molecule has 0 saturated carbocycles.